The molecular formula is C23H28N2O3. The second-order valence-electron chi connectivity index (χ2n) is 6.83. The molecule has 2 N–H and O–H groups in total. The van der Waals surface area contributed by atoms with Gasteiger partial charge in [-0.05, 0) is 24.1 Å². The number of unbranched alkanes of at least 4 members (excludes halogenated alkanes) is 1. The van der Waals surface area contributed by atoms with Crippen LogP contribution < -0.4 is 14.8 Å². The van der Waals surface area contributed by atoms with Crippen molar-refractivity contribution in [2.24, 2.45) is 0 Å². The maximum Gasteiger partial charge on any atom is 0.220 e. The molecule has 148 valence electrons. The zero-order valence-electron chi connectivity index (χ0n) is 16.7. The number of aromatic nitrogens is 1. The summed E-state index contributed by atoms with van der Waals surface area (Å²) >= 11 is 0. The molecule has 2 aromatic carbocycles. The summed E-state index contributed by atoms with van der Waals surface area (Å²) in [5, 5.41) is 4.25. The second-order valence-corrected chi connectivity index (χ2v) is 6.83. The minimum atomic E-state index is -0.0632. The highest BCUT2D eigenvalue weighted by Gasteiger charge is 2.24. The Hall–Kier alpha value is -2.95. The van der Waals surface area contributed by atoms with Crippen LogP contribution in [0.15, 0.2) is 48.7 Å². The van der Waals surface area contributed by atoms with E-state index in [4.69, 9.17) is 9.47 Å². The van der Waals surface area contributed by atoms with Crippen molar-refractivity contribution < 1.29 is 14.3 Å². The minimum absolute atomic E-state index is 0.0632. The van der Waals surface area contributed by atoms with Gasteiger partial charge in [-0.15, -0.1) is 0 Å². The summed E-state index contributed by atoms with van der Waals surface area (Å²) in [5.74, 6) is 1.39. The molecule has 1 heterocycles. The summed E-state index contributed by atoms with van der Waals surface area (Å²) < 4.78 is 11.2. The van der Waals surface area contributed by atoms with Crippen LogP contribution >= 0.6 is 0 Å². The molecule has 28 heavy (non-hydrogen) atoms. The number of hydrogen-bond donors (Lipinski definition) is 2. The molecule has 1 aromatic heterocycles. The summed E-state index contributed by atoms with van der Waals surface area (Å²) in [6.07, 6.45) is 4.47. The van der Waals surface area contributed by atoms with Gasteiger partial charge in [0, 0.05) is 41.5 Å². The van der Waals surface area contributed by atoms with Crippen molar-refractivity contribution >= 4 is 16.8 Å². The van der Waals surface area contributed by atoms with E-state index in [1.54, 1.807) is 14.2 Å². The number of benzene rings is 2. The van der Waals surface area contributed by atoms with Gasteiger partial charge in [-0.1, -0.05) is 43.7 Å². The fourth-order valence-corrected chi connectivity index (χ4v) is 3.60. The molecule has 3 rings (SSSR count). The zero-order chi connectivity index (χ0) is 19.9. The summed E-state index contributed by atoms with van der Waals surface area (Å²) in [4.78, 5) is 15.6. The number of para-hydroxylation sites is 2. The SMILES string of the molecule is CCCCC(=O)NC[C@H](c1cccc(OC)c1OC)c1c[nH]c2ccccc12. The minimum Gasteiger partial charge on any atom is -0.493 e. The lowest BCUT2D eigenvalue weighted by Gasteiger charge is -2.22. The predicted octanol–water partition coefficient (Wildman–Crippen LogP) is 4.62. The molecule has 0 radical (unpaired) electrons. The molecule has 1 atom stereocenters. The highest BCUT2D eigenvalue weighted by molar-refractivity contribution is 5.84. The number of amides is 1. The fraction of sp³-hybridized carbons (Fsp3) is 0.348. The number of carbonyl (C=O) groups is 1. The van der Waals surface area contributed by atoms with Crippen LogP contribution in [0.3, 0.4) is 0 Å². The van der Waals surface area contributed by atoms with Crippen LogP contribution in [0, 0.1) is 0 Å². The Kier molecular flexibility index (Phi) is 6.58. The Balaban J connectivity index is 2.01. The zero-order valence-corrected chi connectivity index (χ0v) is 16.7. The van der Waals surface area contributed by atoms with E-state index in [9.17, 15) is 4.79 Å². The Bertz CT molecular complexity index is 932. The normalized spacial score (nSPS) is 12.0. The number of ether oxygens (including phenoxy) is 2. The standard InChI is InChI=1S/C23H28N2O3/c1-4-5-13-22(26)25-15-19(17-10-8-12-21(27-2)23(17)28-3)18-14-24-20-11-7-6-9-16(18)20/h6-12,14,19,24H,4-5,13,15H2,1-3H3,(H,25,26)/t19-/m1/s1. The van der Waals surface area contributed by atoms with Gasteiger partial charge in [0.2, 0.25) is 5.91 Å². The molecule has 0 spiro atoms. The molecule has 1 amide bonds. The van der Waals surface area contributed by atoms with Crippen molar-refractivity contribution in [1.82, 2.24) is 10.3 Å². The Morgan fingerprint density at radius 1 is 1.07 bits per heavy atom. The molecule has 3 aromatic rings. The van der Waals surface area contributed by atoms with E-state index < -0.39 is 0 Å². The van der Waals surface area contributed by atoms with Crippen LogP contribution in [-0.2, 0) is 4.79 Å². The highest BCUT2D eigenvalue weighted by Crippen LogP contribution is 2.40. The molecule has 0 saturated heterocycles. The maximum atomic E-state index is 12.3. The van der Waals surface area contributed by atoms with Crippen molar-refractivity contribution in [1.29, 1.82) is 0 Å². The molecule has 0 aliphatic carbocycles. The topological polar surface area (TPSA) is 63.4 Å². The number of rotatable bonds is 9. The van der Waals surface area contributed by atoms with E-state index in [0.29, 0.717) is 24.5 Å². The highest BCUT2D eigenvalue weighted by atomic mass is 16.5. The van der Waals surface area contributed by atoms with Gasteiger partial charge < -0.3 is 19.8 Å². The van der Waals surface area contributed by atoms with Crippen LogP contribution in [-0.4, -0.2) is 31.7 Å². The second kappa shape index (κ2) is 9.31. The first-order chi connectivity index (χ1) is 13.7. The maximum absolute atomic E-state index is 12.3. The van der Waals surface area contributed by atoms with Gasteiger partial charge in [-0.2, -0.15) is 0 Å². The lowest BCUT2D eigenvalue weighted by molar-refractivity contribution is -0.121. The smallest absolute Gasteiger partial charge is 0.220 e. The summed E-state index contributed by atoms with van der Waals surface area (Å²) in [7, 11) is 3.28. The van der Waals surface area contributed by atoms with Gasteiger partial charge in [-0.3, -0.25) is 4.79 Å². The van der Waals surface area contributed by atoms with Crippen molar-refractivity contribution in [3.05, 3.63) is 59.8 Å². The van der Waals surface area contributed by atoms with Crippen molar-refractivity contribution in [2.45, 2.75) is 32.1 Å². The first-order valence-corrected chi connectivity index (χ1v) is 9.73. The molecule has 0 saturated carbocycles. The van der Waals surface area contributed by atoms with E-state index in [2.05, 4.69) is 29.4 Å². The van der Waals surface area contributed by atoms with Crippen molar-refractivity contribution in [3.8, 4) is 11.5 Å². The lowest BCUT2D eigenvalue weighted by Crippen LogP contribution is -2.28. The van der Waals surface area contributed by atoms with E-state index in [-0.39, 0.29) is 11.8 Å². The number of H-pyrrole nitrogens is 1. The molecule has 5 nitrogen and oxygen atoms in total. The van der Waals surface area contributed by atoms with Gasteiger partial charge >= 0.3 is 0 Å². The fourth-order valence-electron chi connectivity index (χ4n) is 3.60. The largest absolute Gasteiger partial charge is 0.493 e. The molecule has 0 aliphatic heterocycles. The van der Waals surface area contributed by atoms with E-state index in [1.165, 1.54) is 0 Å². The Morgan fingerprint density at radius 3 is 2.64 bits per heavy atom. The van der Waals surface area contributed by atoms with Crippen LogP contribution in [0.2, 0.25) is 0 Å². The van der Waals surface area contributed by atoms with E-state index in [0.717, 1.165) is 34.9 Å². The molecule has 5 heteroatoms. The lowest BCUT2D eigenvalue weighted by atomic mass is 9.89. The monoisotopic (exact) mass is 380 g/mol. The molecule has 0 fully saturated rings. The van der Waals surface area contributed by atoms with Gasteiger partial charge in [-0.25, -0.2) is 0 Å². The third kappa shape index (κ3) is 4.14. The molecule has 0 unspecified atom stereocenters. The van der Waals surface area contributed by atoms with Crippen LogP contribution in [0.25, 0.3) is 10.9 Å². The summed E-state index contributed by atoms with van der Waals surface area (Å²) in [6, 6.07) is 14.1. The number of fused-ring (bicyclic) bond motifs is 1. The van der Waals surface area contributed by atoms with Crippen LogP contribution in [0.1, 0.15) is 43.2 Å². The van der Waals surface area contributed by atoms with Crippen molar-refractivity contribution in [3.63, 3.8) is 0 Å². The number of nitrogens with one attached hydrogen (secondary N) is 2. The first-order valence-electron chi connectivity index (χ1n) is 9.73. The average molecular weight is 380 g/mol. The van der Waals surface area contributed by atoms with Crippen LogP contribution in [0.5, 0.6) is 11.5 Å². The quantitative estimate of drug-likeness (QED) is 0.569. The third-order valence-electron chi connectivity index (χ3n) is 5.07. The number of aromatic amines is 1. The number of carbonyl (C=O) groups excluding carboxylic acids is 1. The van der Waals surface area contributed by atoms with Gasteiger partial charge in [0.25, 0.3) is 0 Å². The van der Waals surface area contributed by atoms with Crippen LogP contribution in [0.4, 0.5) is 0 Å². The molecule has 0 bridgehead atoms. The first kappa shape index (κ1) is 19.8. The Labute approximate surface area is 166 Å². The molecule has 0 aliphatic rings. The summed E-state index contributed by atoms with van der Waals surface area (Å²) in [6.45, 7) is 2.58. The number of methoxy groups -OCH3 is 2. The van der Waals surface area contributed by atoms with Gasteiger partial charge in [0.1, 0.15) is 0 Å². The van der Waals surface area contributed by atoms with Gasteiger partial charge in [0.15, 0.2) is 11.5 Å². The Morgan fingerprint density at radius 2 is 1.89 bits per heavy atom. The van der Waals surface area contributed by atoms with E-state index in [1.807, 2.05) is 36.5 Å². The van der Waals surface area contributed by atoms with Gasteiger partial charge in [0.05, 0.1) is 14.2 Å². The van der Waals surface area contributed by atoms with E-state index >= 15 is 0 Å². The third-order valence-corrected chi connectivity index (χ3v) is 5.07. The predicted molar refractivity (Wildman–Crippen MR) is 112 cm³/mol. The average Bonchev–Trinajstić information content (AvgIpc) is 3.16. The van der Waals surface area contributed by atoms with Crippen molar-refractivity contribution in [2.75, 3.05) is 20.8 Å². The summed E-state index contributed by atoms with van der Waals surface area (Å²) in [5.41, 5.74) is 3.18. The number of hydrogen-bond acceptors (Lipinski definition) is 3. The molecular weight excluding hydrogens is 352 g/mol.